The fourth-order valence-electron chi connectivity index (χ4n) is 5.64. The Labute approximate surface area is 346 Å². The van der Waals surface area contributed by atoms with Crippen LogP contribution in [0.3, 0.4) is 0 Å². The van der Waals surface area contributed by atoms with Gasteiger partial charge in [0, 0.05) is 26.7 Å². The molecule has 0 radical (unpaired) electrons. The molecule has 0 aliphatic carbocycles. The van der Waals surface area contributed by atoms with Crippen LogP contribution in [0, 0.1) is 19.3 Å². The second kappa shape index (κ2) is 19.4. The van der Waals surface area contributed by atoms with Crippen molar-refractivity contribution < 1.29 is 23.0 Å². The number of benzene rings is 6. The first-order chi connectivity index (χ1) is 25.9. The normalized spacial score (nSPS) is 10.7. The number of hydrogen-bond acceptors (Lipinski definition) is 2. The molecule has 0 amide bonds. The minimum absolute atomic E-state index is 0.238. The number of aryl methyl sites for hydroxylation is 2. The van der Waals surface area contributed by atoms with Gasteiger partial charge in [0.15, 0.2) is 0 Å². The van der Waals surface area contributed by atoms with Crippen LogP contribution in [0.5, 0.6) is 5.75 Å². The third kappa shape index (κ3) is 11.0. The molecular formula is C47H42BrCl2N2OW-. The van der Waals surface area contributed by atoms with Crippen LogP contribution in [-0.4, -0.2) is 9.51 Å². The fraction of sp³-hybridized carbons (Fsp3) is 0.128. The predicted molar refractivity (Wildman–Crippen MR) is 231 cm³/mol. The third-order valence-electron chi connectivity index (χ3n) is 8.07. The van der Waals surface area contributed by atoms with Crippen molar-refractivity contribution in [2.24, 2.45) is 8.91 Å². The molecule has 1 heterocycles. The Morgan fingerprint density at radius 1 is 0.556 bits per heavy atom. The molecule has 0 atom stereocenters. The number of rotatable bonds is 5. The summed E-state index contributed by atoms with van der Waals surface area (Å²) < 4.78 is 7.80. The quantitative estimate of drug-likeness (QED) is 0.187. The van der Waals surface area contributed by atoms with E-state index in [-0.39, 0.29) is 11.2 Å². The molecule has 7 heteroatoms. The van der Waals surface area contributed by atoms with Gasteiger partial charge in [-0.25, -0.2) is 0 Å². The van der Waals surface area contributed by atoms with Gasteiger partial charge in [-0.3, -0.25) is 0 Å². The molecule has 1 aromatic heterocycles. The Morgan fingerprint density at radius 3 is 1.22 bits per heavy atom. The molecule has 3 nitrogen and oxygen atoms in total. The molecule has 0 fully saturated rings. The van der Waals surface area contributed by atoms with E-state index in [9.17, 15) is 5.11 Å². The molecule has 7 rings (SSSR count). The summed E-state index contributed by atoms with van der Waals surface area (Å²) in [5.74, 6) is 0.281. The summed E-state index contributed by atoms with van der Waals surface area (Å²) in [6.07, 6.45) is 0. The molecule has 0 aliphatic rings. The predicted octanol–water partition coefficient (Wildman–Crippen LogP) is 14.8. The van der Waals surface area contributed by atoms with E-state index in [4.69, 9.17) is 23.2 Å². The van der Waals surface area contributed by atoms with E-state index in [2.05, 4.69) is 73.8 Å². The summed E-state index contributed by atoms with van der Waals surface area (Å²) in [6.45, 7) is 10.5. The van der Waals surface area contributed by atoms with E-state index < -0.39 is 17.9 Å². The Bertz CT molecular complexity index is 2100. The molecule has 0 aliphatic heterocycles. The van der Waals surface area contributed by atoms with Crippen LogP contribution in [0.25, 0.3) is 44.5 Å². The Kier molecular flexibility index (Phi) is 14.7. The Balaban J connectivity index is 0.000000210. The minimum Gasteiger partial charge on any atom is -0.665 e. The zero-order valence-electron chi connectivity index (χ0n) is 30.9. The molecule has 0 saturated carbocycles. The standard InChI is InChI=1S/C30H21BrO.C6H3Cl2N.C6H8N.C5H10.W/c31-29-25(21-13-5-1-6-14-21)27(23-17-9-3-10-18-23)30(32)28(24-19-11-4-12-20-24)26(29)22-15-7-2-8-16-22;7-4-2-1-3-5(8)6(4)9;1-5-3-4-6(2)7-5;1-5(2,3)4;/h1-20,32H;1-3H;3-4H,1-2H3;1H,2-4H3;/q;;-1;;. The molecule has 54 heavy (non-hydrogen) atoms. The van der Waals surface area contributed by atoms with Crippen molar-refractivity contribution in [1.29, 1.82) is 0 Å². The van der Waals surface area contributed by atoms with Crippen molar-refractivity contribution in [2.45, 2.75) is 34.6 Å². The Morgan fingerprint density at radius 2 is 0.907 bits per heavy atom. The van der Waals surface area contributed by atoms with Crippen molar-refractivity contribution in [2.75, 3.05) is 0 Å². The number of hydrogen-bond donors (Lipinski definition) is 1. The first kappa shape index (κ1) is 41.0. The summed E-state index contributed by atoms with van der Waals surface area (Å²) in [5.41, 5.74) is 10.9. The maximum absolute atomic E-state index is 11.9. The molecular weight excluding hydrogens is 943 g/mol. The first-order valence-corrected chi connectivity index (χ1v) is 22.0. The summed E-state index contributed by atoms with van der Waals surface area (Å²) in [4.78, 5) is 4.11. The van der Waals surface area contributed by atoms with Crippen molar-refractivity contribution in [3.05, 3.63) is 178 Å². The van der Waals surface area contributed by atoms with E-state index in [0.717, 1.165) is 66.1 Å². The zero-order valence-corrected chi connectivity index (χ0v) is 36.9. The number of nitrogens with zero attached hydrogens (tertiary/aromatic N) is 2. The van der Waals surface area contributed by atoms with Gasteiger partial charge < -0.3 is 10.1 Å². The van der Waals surface area contributed by atoms with E-state index in [0.29, 0.717) is 10.0 Å². The summed E-state index contributed by atoms with van der Waals surface area (Å²) in [5, 5.41) is 13.2. The van der Waals surface area contributed by atoms with Crippen molar-refractivity contribution in [3.63, 3.8) is 0 Å². The van der Waals surface area contributed by atoms with Gasteiger partial charge in [-0.05, 0) is 38.2 Å². The SMILES string of the molecule is CC(C)(C)[CH]=[W]=[N]c1c(Cl)cccc1Cl.Cc1ccc(C)[n-]1.Oc1c(-c2ccccc2)c(-c2ccccc2)c(Br)c(-c2ccccc2)c1-c1ccccc1. The number of halogens is 3. The van der Waals surface area contributed by atoms with Gasteiger partial charge in [0.1, 0.15) is 5.75 Å². The number of aromatic hydroxyl groups is 1. The van der Waals surface area contributed by atoms with Gasteiger partial charge in [0.2, 0.25) is 0 Å². The van der Waals surface area contributed by atoms with E-state index in [1.165, 1.54) is 0 Å². The van der Waals surface area contributed by atoms with Crippen LogP contribution < -0.4 is 4.98 Å². The molecule has 7 aromatic rings. The topological polar surface area (TPSA) is 46.7 Å². The van der Waals surface area contributed by atoms with Gasteiger partial charge in [-0.2, -0.15) is 11.4 Å². The van der Waals surface area contributed by atoms with E-state index in [1.807, 2.05) is 141 Å². The third-order valence-corrected chi connectivity index (χ3v) is 13.4. The van der Waals surface area contributed by atoms with E-state index >= 15 is 0 Å². The van der Waals surface area contributed by atoms with Gasteiger partial charge in [-0.1, -0.05) is 147 Å². The average Bonchev–Trinajstić information content (AvgIpc) is 3.56. The molecule has 0 saturated heterocycles. The molecule has 0 unspecified atom stereocenters. The van der Waals surface area contributed by atoms with Gasteiger partial charge in [0.05, 0.1) is 0 Å². The molecule has 0 bridgehead atoms. The van der Waals surface area contributed by atoms with Crippen LogP contribution in [0.2, 0.25) is 10.0 Å². The van der Waals surface area contributed by atoms with Crippen LogP contribution in [0.1, 0.15) is 32.2 Å². The monoisotopic (exact) mass is 983 g/mol. The summed E-state index contributed by atoms with van der Waals surface area (Å²) in [7, 11) is 0. The largest absolute Gasteiger partial charge is 0.665 e. The van der Waals surface area contributed by atoms with Crippen molar-refractivity contribution in [1.82, 2.24) is 4.98 Å². The van der Waals surface area contributed by atoms with Crippen molar-refractivity contribution in [3.8, 4) is 50.3 Å². The minimum atomic E-state index is -0.850. The second-order valence-electron chi connectivity index (χ2n) is 13.6. The molecule has 1 N–H and O–H groups in total. The fourth-order valence-corrected chi connectivity index (χ4v) is 9.78. The number of phenolic OH excluding ortho intramolecular Hbond substituents is 1. The molecule has 0 spiro atoms. The Hall–Kier alpha value is -4.18. The summed E-state index contributed by atoms with van der Waals surface area (Å²) >= 11 is 15.2. The van der Waals surface area contributed by atoms with Crippen LogP contribution in [0.15, 0.2) is 160 Å². The second-order valence-corrected chi connectivity index (χ2v) is 17.5. The van der Waals surface area contributed by atoms with Crippen LogP contribution >= 0.6 is 39.1 Å². The summed E-state index contributed by atoms with van der Waals surface area (Å²) in [6, 6.07) is 50.2. The van der Waals surface area contributed by atoms with Gasteiger partial charge in [-0.15, -0.1) is 0 Å². The van der Waals surface area contributed by atoms with Crippen LogP contribution in [-0.2, 0) is 17.9 Å². The average molecular weight is 986 g/mol. The maximum Gasteiger partial charge on any atom is 0.132 e. The number of aromatic nitrogens is 1. The van der Waals surface area contributed by atoms with Crippen LogP contribution in [0.4, 0.5) is 5.69 Å². The molecule has 6 aromatic carbocycles. The first-order valence-electron chi connectivity index (χ1n) is 17.5. The zero-order chi connectivity index (χ0) is 38.7. The van der Waals surface area contributed by atoms with E-state index in [1.54, 1.807) is 0 Å². The van der Waals surface area contributed by atoms with Crippen molar-refractivity contribution >= 4 is 49.2 Å². The van der Waals surface area contributed by atoms with Gasteiger partial charge in [0.25, 0.3) is 0 Å². The molecule has 274 valence electrons. The number of phenols is 1. The smallest absolute Gasteiger partial charge is 0.132 e. The van der Waals surface area contributed by atoms with Gasteiger partial charge >= 0.3 is 109 Å². The maximum atomic E-state index is 11.9.